The molecule has 19 heavy (non-hydrogen) atoms. The second-order valence-corrected chi connectivity index (χ2v) is 4.79. The highest BCUT2D eigenvalue weighted by Crippen LogP contribution is 2.25. The van der Waals surface area contributed by atoms with Gasteiger partial charge in [0.15, 0.2) is 5.78 Å². The van der Waals surface area contributed by atoms with Gasteiger partial charge in [-0.25, -0.2) is 8.78 Å². The summed E-state index contributed by atoms with van der Waals surface area (Å²) in [7, 11) is 0. The first-order chi connectivity index (χ1) is 8.97. The summed E-state index contributed by atoms with van der Waals surface area (Å²) in [6.45, 7) is 0. The van der Waals surface area contributed by atoms with Gasteiger partial charge >= 0.3 is 5.00 Å². The second-order valence-electron chi connectivity index (χ2n) is 3.73. The van der Waals surface area contributed by atoms with Crippen molar-refractivity contribution in [2.45, 2.75) is 6.42 Å². The van der Waals surface area contributed by atoms with Gasteiger partial charge in [0, 0.05) is 18.6 Å². The third-order valence-electron chi connectivity index (χ3n) is 2.41. The van der Waals surface area contributed by atoms with Crippen LogP contribution in [0.4, 0.5) is 13.8 Å². The Morgan fingerprint density at radius 3 is 2.58 bits per heavy atom. The van der Waals surface area contributed by atoms with Crippen molar-refractivity contribution in [3.05, 3.63) is 62.5 Å². The van der Waals surface area contributed by atoms with E-state index in [1.807, 2.05) is 0 Å². The molecule has 98 valence electrons. The highest BCUT2D eigenvalue weighted by atomic mass is 32.1. The average Bonchev–Trinajstić information content (AvgIpc) is 2.82. The molecule has 4 nitrogen and oxygen atoms in total. The van der Waals surface area contributed by atoms with E-state index in [9.17, 15) is 23.7 Å². The molecule has 0 unspecified atom stereocenters. The molecular formula is C12H7F2NO3S. The molecule has 0 N–H and O–H groups in total. The lowest BCUT2D eigenvalue weighted by atomic mass is 10.1. The molecule has 0 saturated heterocycles. The smallest absolute Gasteiger partial charge is 0.293 e. The fourth-order valence-corrected chi connectivity index (χ4v) is 2.26. The van der Waals surface area contributed by atoms with Gasteiger partial charge in [-0.3, -0.25) is 14.9 Å². The molecular weight excluding hydrogens is 276 g/mol. The number of ketones is 1. The fraction of sp³-hybridized carbons (Fsp3) is 0.0833. The highest BCUT2D eigenvalue weighted by Gasteiger charge is 2.17. The quantitative estimate of drug-likeness (QED) is 0.491. The summed E-state index contributed by atoms with van der Waals surface area (Å²) in [5, 5.41) is 10.3. The van der Waals surface area contributed by atoms with E-state index in [0.29, 0.717) is 6.07 Å². The Kier molecular flexibility index (Phi) is 3.66. The van der Waals surface area contributed by atoms with Crippen LogP contribution in [0.1, 0.15) is 15.2 Å². The van der Waals surface area contributed by atoms with Crippen molar-refractivity contribution in [2.24, 2.45) is 0 Å². The van der Waals surface area contributed by atoms with Gasteiger partial charge in [0.2, 0.25) is 0 Å². The van der Waals surface area contributed by atoms with Crippen molar-refractivity contribution < 1.29 is 18.5 Å². The number of benzene rings is 1. The van der Waals surface area contributed by atoms with Crippen LogP contribution in [0, 0.1) is 21.7 Å². The molecule has 0 atom stereocenters. The number of hydrogen-bond acceptors (Lipinski definition) is 4. The second kappa shape index (κ2) is 5.23. The molecule has 2 rings (SSSR count). The van der Waals surface area contributed by atoms with Gasteiger partial charge in [-0.15, -0.1) is 0 Å². The first-order valence-corrected chi connectivity index (χ1v) is 6.00. The molecule has 2 aromatic rings. The molecule has 1 aromatic heterocycles. The fourth-order valence-electron chi connectivity index (χ4n) is 1.50. The maximum Gasteiger partial charge on any atom is 0.324 e. The van der Waals surface area contributed by atoms with Crippen molar-refractivity contribution in [3.8, 4) is 0 Å². The van der Waals surface area contributed by atoms with E-state index in [-0.39, 0.29) is 21.9 Å². The zero-order valence-electron chi connectivity index (χ0n) is 9.43. The van der Waals surface area contributed by atoms with Crippen molar-refractivity contribution >= 4 is 22.1 Å². The lowest BCUT2D eigenvalue weighted by molar-refractivity contribution is -0.380. The molecule has 1 heterocycles. The standard InChI is InChI=1S/C12H7F2NO3S/c13-8-2-1-7(9(14)6-8)5-10(16)11-3-4-12(19-11)15(17)18/h1-4,6H,5H2. The number of halogens is 2. The molecule has 0 aliphatic carbocycles. The van der Waals surface area contributed by atoms with Crippen molar-refractivity contribution in [1.29, 1.82) is 0 Å². The molecule has 0 aliphatic heterocycles. The molecule has 0 amide bonds. The lowest BCUT2D eigenvalue weighted by Crippen LogP contribution is -2.03. The minimum absolute atomic E-state index is 0.0578. The summed E-state index contributed by atoms with van der Waals surface area (Å²) < 4.78 is 26.1. The first kappa shape index (κ1) is 13.3. The van der Waals surface area contributed by atoms with E-state index in [4.69, 9.17) is 0 Å². The Balaban J connectivity index is 2.18. The predicted octanol–water partition coefficient (Wildman–Crippen LogP) is 3.36. The molecule has 0 bridgehead atoms. The monoisotopic (exact) mass is 283 g/mol. The average molecular weight is 283 g/mol. The van der Waals surface area contributed by atoms with E-state index in [1.54, 1.807) is 0 Å². The predicted molar refractivity (Wildman–Crippen MR) is 65.4 cm³/mol. The topological polar surface area (TPSA) is 60.2 Å². The molecule has 0 spiro atoms. The van der Waals surface area contributed by atoms with Crippen LogP contribution < -0.4 is 0 Å². The summed E-state index contributed by atoms with van der Waals surface area (Å²) in [5.41, 5.74) is 0.0578. The van der Waals surface area contributed by atoms with Crippen LogP contribution in [0.3, 0.4) is 0 Å². The number of nitrogens with zero attached hydrogens (tertiary/aromatic N) is 1. The Hall–Kier alpha value is -2.15. The lowest BCUT2D eigenvalue weighted by Gasteiger charge is -2.01. The molecule has 0 fully saturated rings. The third-order valence-corrected chi connectivity index (χ3v) is 3.49. The van der Waals surface area contributed by atoms with Gasteiger partial charge in [0.25, 0.3) is 0 Å². The van der Waals surface area contributed by atoms with Crippen molar-refractivity contribution in [2.75, 3.05) is 0 Å². The van der Waals surface area contributed by atoms with Gasteiger partial charge in [-0.2, -0.15) is 0 Å². The molecule has 0 saturated carbocycles. The van der Waals surface area contributed by atoms with Crippen LogP contribution in [0.15, 0.2) is 30.3 Å². The number of hydrogen-bond donors (Lipinski definition) is 0. The summed E-state index contributed by atoms with van der Waals surface area (Å²) in [4.78, 5) is 21.9. The number of rotatable bonds is 4. The zero-order valence-corrected chi connectivity index (χ0v) is 10.2. The normalized spacial score (nSPS) is 10.4. The Bertz CT molecular complexity index is 654. The van der Waals surface area contributed by atoms with E-state index >= 15 is 0 Å². The highest BCUT2D eigenvalue weighted by molar-refractivity contribution is 7.17. The van der Waals surface area contributed by atoms with Gasteiger partial charge in [-0.05, 0) is 17.7 Å². The van der Waals surface area contributed by atoms with Crippen LogP contribution in [0.2, 0.25) is 0 Å². The Labute approximate surface area is 110 Å². The minimum atomic E-state index is -0.806. The molecule has 0 radical (unpaired) electrons. The summed E-state index contributed by atoms with van der Waals surface area (Å²) >= 11 is 0.732. The largest absolute Gasteiger partial charge is 0.324 e. The Morgan fingerprint density at radius 1 is 1.26 bits per heavy atom. The number of Topliss-reactive ketones (excluding diaryl/α,β-unsaturated/α-hetero) is 1. The summed E-state index contributed by atoms with van der Waals surface area (Å²) in [6.07, 6.45) is -0.260. The van der Waals surface area contributed by atoms with Crippen LogP contribution >= 0.6 is 11.3 Å². The third kappa shape index (κ3) is 3.00. The van der Waals surface area contributed by atoms with Gasteiger partial charge in [0.1, 0.15) is 11.6 Å². The molecule has 7 heteroatoms. The van der Waals surface area contributed by atoms with E-state index in [2.05, 4.69) is 0 Å². The van der Waals surface area contributed by atoms with Gasteiger partial charge in [0.05, 0.1) is 9.80 Å². The zero-order chi connectivity index (χ0) is 14.0. The van der Waals surface area contributed by atoms with Crippen molar-refractivity contribution in [1.82, 2.24) is 0 Å². The number of carbonyl (C=O) groups excluding carboxylic acids is 1. The van der Waals surface area contributed by atoms with Crippen LogP contribution in [-0.2, 0) is 6.42 Å². The van der Waals surface area contributed by atoms with Crippen LogP contribution in [-0.4, -0.2) is 10.7 Å². The van der Waals surface area contributed by atoms with E-state index in [0.717, 1.165) is 17.4 Å². The maximum absolute atomic E-state index is 13.4. The maximum atomic E-state index is 13.4. The van der Waals surface area contributed by atoms with Crippen molar-refractivity contribution in [3.63, 3.8) is 0 Å². The SMILES string of the molecule is O=C(Cc1ccc(F)cc1F)c1ccc([N+](=O)[O-])s1. The molecule has 1 aromatic carbocycles. The molecule has 0 aliphatic rings. The number of carbonyl (C=O) groups is 1. The van der Waals surface area contributed by atoms with Gasteiger partial charge < -0.3 is 0 Å². The van der Waals surface area contributed by atoms with Crippen LogP contribution in [0.5, 0.6) is 0 Å². The number of thiophene rings is 1. The first-order valence-electron chi connectivity index (χ1n) is 5.18. The minimum Gasteiger partial charge on any atom is -0.293 e. The van der Waals surface area contributed by atoms with Crippen LogP contribution in [0.25, 0.3) is 0 Å². The Morgan fingerprint density at radius 2 is 2.00 bits per heavy atom. The van der Waals surface area contributed by atoms with E-state index < -0.39 is 22.3 Å². The summed E-state index contributed by atoms with van der Waals surface area (Å²) in [6, 6.07) is 5.48. The van der Waals surface area contributed by atoms with Gasteiger partial charge in [-0.1, -0.05) is 17.4 Å². The van der Waals surface area contributed by atoms with E-state index in [1.165, 1.54) is 18.2 Å². The number of nitro groups is 1. The summed E-state index contributed by atoms with van der Waals surface area (Å²) in [5.74, 6) is -1.97.